The Kier molecular flexibility index (Phi) is 5.25. The number of carbonyl (C=O) groups excluding carboxylic acids is 3. The van der Waals surface area contributed by atoms with Crippen molar-refractivity contribution < 1.29 is 23.9 Å². The largest absolute Gasteiger partial charge is 0.497 e. The lowest BCUT2D eigenvalue weighted by atomic mass is 9.97. The van der Waals surface area contributed by atoms with E-state index in [1.165, 1.54) is 14.0 Å². The van der Waals surface area contributed by atoms with Gasteiger partial charge in [-0.2, -0.15) is 4.98 Å². The number of ether oxygens (including phenoxy) is 2. The Bertz CT molecular complexity index is 1030. The summed E-state index contributed by atoms with van der Waals surface area (Å²) >= 11 is 0. The highest BCUT2D eigenvalue weighted by Crippen LogP contribution is 2.36. The zero-order chi connectivity index (χ0) is 22.2. The monoisotopic (exact) mass is 428 g/mol. The van der Waals surface area contributed by atoms with E-state index in [1.807, 2.05) is 0 Å². The van der Waals surface area contributed by atoms with Crippen molar-refractivity contribution in [2.45, 2.75) is 44.2 Å². The Morgan fingerprint density at radius 1 is 1.23 bits per heavy atom. The predicted octanol–water partition coefficient (Wildman–Crippen LogP) is 1.68. The van der Waals surface area contributed by atoms with E-state index in [0.717, 1.165) is 17.7 Å². The van der Waals surface area contributed by atoms with Gasteiger partial charge in [0.25, 0.3) is 5.91 Å². The summed E-state index contributed by atoms with van der Waals surface area (Å²) in [4.78, 5) is 43.3. The molecule has 1 spiro atoms. The Labute approximate surface area is 178 Å². The number of aromatic nitrogens is 3. The Morgan fingerprint density at radius 3 is 2.65 bits per heavy atom. The standard InChI is InChI=1S/C20H24N6O5/c1-11(26-17(28)20(23-19(26)29)8-4-5-9-20)16(27)22-18-21-15(24-25-18)13-7-6-12(30-2)10-14(13)31-3/h6-7,10-11H,4-5,8-9H2,1-3H3,(H,23,29)(H2,21,22,24,25,27). The number of carbonyl (C=O) groups is 3. The van der Waals surface area contributed by atoms with E-state index in [-0.39, 0.29) is 11.9 Å². The third kappa shape index (κ3) is 3.56. The van der Waals surface area contributed by atoms with Gasteiger partial charge in [-0.15, -0.1) is 5.10 Å². The molecule has 11 heteroatoms. The first-order valence-electron chi connectivity index (χ1n) is 10.00. The van der Waals surface area contributed by atoms with Crippen LogP contribution < -0.4 is 20.1 Å². The zero-order valence-corrected chi connectivity index (χ0v) is 17.5. The van der Waals surface area contributed by atoms with Crippen LogP contribution in [0.1, 0.15) is 32.6 Å². The molecule has 1 unspecified atom stereocenters. The van der Waals surface area contributed by atoms with Gasteiger partial charge in [-0.05, 0) is 31.9 Å². The second-order valence-electron chi connectivity index (χ2n) is 7.63. The maximum Gasteiger partial charge on any atom is 0.325 e. The van der Waals surface area contributed by atoms with Gasteiger partial charge in [0.15, 0.2) is 5.82 Å². The van der Waals surface area contributed by atoms with E-state index in [0.29, 0.717) is 35.7 Å². The molecule has 0 bridgehead atoms. The maximum atomic E-state index is 12.9. The minimum absolute atomic E-state index is 0.0207. The number of hydrogen-bond acceptors (Lipinski definition) is 7. The first kappa shape index (κ1) is 20.6. The molecule has 1 saturated carbocycles. The van der Waals surface area contributed by atoms with Crippen LogP contribution in [0.2, 0.25) is 0 Å². The maximum absolute atomic E-state index is 12.9. The van der Waals surface area contributed by atoms with Crippen LogP contribution >= 0.6 is 0 Å². The molecule has 164 valence electrons. The molecule has 1 aliphatic heterocycles. The van der Waals surface area contributed by atoms with E-state index in [2.05, 4.69) is 25.8 Å². The highest BCUT2D eigenvalue weighted by Gasteiger charge is 2.54. The van der Waals surface area contributed by atoms with Crippen LogP contribution in [0.4, 0.5) is 10.7 Å². The molecule has 3 N–H and O–H groups in total. The van der Waals surface area contributed by atoms with Gasteiger partial charge in [-0.1, -0.05) is 12.8 Å². The molecule has 1 aromatic carbocycles. The molecule has 1 saturated heterocycles. The fourth-order valence-corrected chi connectivity index (χ4v) is 4.07. The molecule has 31 heavy (non-hydrogen) atoms. The van der Waals surface area contributed by atoms with E-state index in [1.54, 1.807) is 25.3 Å². The minimum atomic E-state index is -1.01. The second-order valence-corrected chi connectivity index (χ2v) is 7.63. The molecule has 1 atom stereocenters. The number of anilines is 1. The van der Waals surface area contributed by atoms with E-state index in [9.17, 15) is 14.4 Å². The van der Waals surface area contributed by atoms with Gasteiger partial charge in [0.2, 0.25) is 11.9 Å². The van der Waals surface area contributed by atoms with Gasteiger partial charge >= 0.3 is 6.03 Å². The summed E-state index contributed by atoms with van der Waals surface area (Å²) in [5.41, 5.74) is -0.240. The predicted molar refractivity (Wildman–Crippen MR) is 110 cm³/mol. The highest BCUT2D eigenvalue weighted by atomic mass is 16.5. The normalized spacial score (nSPS) is 18.2. The number of aromatic amines is 1. The first-order chi connectivity index (χ1) is 14.9. The molecule has 2 fully saturated rings. The summed E-state index contributed by atoms with van der Waals surface area (Å²) in [5, 5.41) is 12.1. The van der Waals surface area contributed by atoms with Crippen LogP contribution in [0.5, 0.6) is 11.5 Å². The number of H-pyrrole nitrogens is 1. The minimum Gasteiger partial charge on any atom is -0.497 e. The SMILES string of the molecule is COc1ccc(-c2nc(NC(=O)C(C)N3C(=O)NC4(CCCC4)C3=O)n[nH]2)c(OC)c1. The van der Waals surface area contributed by atoms with Crippen molar-refractivity contribution in [3.8, 4) is 22.9 Å². The van der Waals surface area contributed by atoms with Crippen molar-refractivity contribution in [2.24, 2.45) is 0 Å². The molecule has 1 aromatic heterocycles. The van der Waals surface area contributed by atoms with E-state index in [4.69, 9.17) is 9.47 Å². The van der Waals surface area contributed by atoms with Crippen molar-refractivity contribution >= 4 is 23.8 Å². The van der Waals surface area contributed by atoms with Gasteiger partial charge in [0.05, 0.1) is 19.8 Å². The van der Waals surface area contributed by atoms with E-state index < -0.39 is 23.5 Å². The lowest BCUT2D eigenvalue weighted by molar-refractivity contribution is -0.136. The summed E-state index contributed by atoms with van der Waals surface area (Å²) in [6.45, 7) is 1.50. The fourth-order valence-electron chi connectivity index (χ4n) is 4.07. The number of rotatable bonds is 6. The number of urea groups is 1. The lowest BCUT2D eigenvalue weighted by Crippen LogP contribution is -2.48. The molecule has 2 aromatic rings. The quantitative estimate of drug-likeness (QED) is 0.595. The topological polar surface area (TPSA) is 139 Å². The van der Waals surface area contributed by atoms with Crippen LogP contribution in [-0.2, 0) is 9.59 Å². The summed E-state index contributed by atoms with van der Waals surface area (Å²) in [6.07, 6.45) is 2.93. The van der Waals surface area contributed by atoms with E-state index >= 15 is 0 Å². The van der Waals surface area contributed by atoms with Gasteiger partial charge < -0.3 is 14.8 Å². The van der Waals surface area contributed by atoms with Gasteiger partial charge in [0.1, 0.15) is 23.1 Å². The summed E-state index contributed by atoms with van der Waals surface area (Å²) in [6, 6.07) is 3.64. The number of benzene rings is 1. The zero-order valence-electron chi connectivity index (χ0n) is 17.5. The second kappa shape index (κ2) is 7.89. The van der Waals surface area contributed by atoms with Gasteiger partial charge in [0, 0.05) is 6.07 Å². The van der Waals surface area contributed by atoms with Crippen LogP contribution in [0.15, 0.2) is 18.2 Å². The molecule has 2 aliphatic rings. The molecule has 2 heterocycles. The number of nitrogens with one attached hydrogen (secondary N) is 3. The first-order valence-corrected chi connectivity index (χ1v) is 10.00. The molecular formula is C20H24N6O5. The third-order valence-corrected chi connectivity index (χ3v) is 5.80. The van der Waals surface area contributed by atoms with Crippen LogP contribution in [0, 0.1) is 0 Å². The molecule has 11 nitrogen and oxygen atoms in total. The number of amides is 4. The third-order valence-electron chi connectivity index (χ3n) is 5.80. The number of nitrogens with zero attached hydrogens (tertiary/aromatic N) is 3. The number of hydrogen-bond donors (Lipinski definition) is 3. The molecule has 1 aliphatic carbocycles. The molecule has 4 amide bonds. The van der Waals surface area contributed by atoms with Crippen LogP contribution in [0.25, 0.3) is 11.4 Å². The van der Waals surface area contributed by atoms with Crippen LogP contribution in [-0.4, -0.2) is 63.7 Å². The Morgan fingerprint density at radius 2 is 1.97 bits per heavy atom. The van der Waals surface area contributed by atoms with Crippen molar-refractivity contribution in [1.82, 2.24) is 25.4 Å². The fraction of sp³-hybridized carbons (Fsp3) is 0.450. The van der Waals surface area contributed by atoms with Crippen molar-refractivity contribution in [3.05, 3.63) is 18.2 Å². The number of imide groups is 1. The lowest BCUT2D eigenvalue weighted by Gasteiger charge is -2.23. The Hall–Kier alpha value is -3.63. The molecule has 4 rings (SSSR count). The highest BCUT2D eigenvalue weighted by molar-refractivity contribution is 6.11. The Balaban J connectivity index is 1.48. The smallest absolute Gasteiger partial charge is 0.325 e. The van der Waals surface area contributed by atoms with Gasteiger partial charge in [-0.25, -0.2) is 9.69 Å². The van der Waals surface area contributed by atoms with Gasteiger partial charge in [-0.3, -0.25) is 20.0 Å². The number of methoxy groups -OCH3 is 2. The van der Waals surface area contributed by atoms with Crippen LogP contribution in [0.3, 0.4) is 0 Å². The summed E-state index contributed by atoms with van der Waals surface area (Å²) in [7, 11) is 3.08. The average molecular weight is 428 g/mol. The van der Waals surface area contributed by atoms with Crippen molar-refractivity contribution in [2.75, 3.05) is 19.5 Å². The van der Waals surface area contributed by atoms with Crippen molar-refractivity contribution in [1.29, 1.82) is 0 Å². The molecule has 0 radical (unpaired) electrons. The summed E-state index contributed by atoms with van der Waals surface area (Å²) < 4.78 is 10.5. The molecular weight excluding hydrogens is 404 g/mol. The average Bonchev–Trinajstić information content (AvgIpc) is 3.48. The summed E-state index contributed by atoms with van der Waals surface area (Å²) in [5.74, 6) is 0.621. The van der Waals surface area contributed by atoms with Crippen molar-refractivity contribution in [3.63, 3.8) is 0 Å².